The molecule has 0 spiro atoms. The Hall–Kier alpha value is -3.44. The van der Waals surface area contributed by atoms with Crippen LogP contribution < -0.4 is 14.4 Å². The molecule has 5 heteroatoms. The number of benzene rings is 3. The summed E-state index contributed by atoms with van der Waals surface area (Å²) in [5, 5.41) is 1.33. The average molecular weight is 496 g/mol. The van der Waals surface area contributed by atoms with Crippen LogP contribution in [-0.4, -0.2) is 56.4 Å². The molecule has 3 aromatic carbocycles. The molecule has 0 amide bonds. The molecule has 0 N–H and O–H groups in total. The van der Waals surface area contributed by atoms with Gasteiger partial charge in [-0.05, 0) is 54.5 Å². The maximum absolute atomic E-state index is 5.75. The normalized spacial score (nSPS) is 18.1. The van der Waals surface area contributed by atoms with Crippen LogP contribution in [0.25, 0.3) is 10.9 Å². The number of aromatic nitrogens is 1. The summed E-state index contributed by atoms with van der Waals surface area (Å²) < 4.78 is 14.0. The highest BCUT2D eigenvalue weighted by molar-refractivity contribution is 5.90. The summed E-state index contributed by atoms with van der Waals surface area (Å²) in [5.74, 6) is 2.15. The van der Waals surface area contributed by atoms with Crippen LogP contribution in [0.15, 0.2) is 72.8 Å². The number of piperazine rings is 1. The van der Waals surface area contributed by atoms with Crippen LogP contribution in [0.2, 0.25) is 0 Å². The van der Waals surface area contributed by atoms with Gasteiger partial charge in [-0.1, -0.05) is 48.5 Å². The van der Waals surface area contributed by atoms with Crippen LogP contribution in [-0.2, 0) is 13.0 Å². The Morgan fingerprint density at radius 1 is 0.811 bits per heavy atom. The molecule has 1 aliphatic heterocycles. The number of fused-ring (bicyclic) bond motifs is 3. The van der Waals surface area contributed by atoms with Gasteiger partial charge in [-0.3, -0.25) is 4.90 Å². The third-order valence-corrected chi connectivity index (χ3v) is 8.25. The minimum atomic E-state index is 0.532. The highest BCUT2D eigenvalue weighted by Crippen LogP contribution is 2.44. The monoisotopic (exact) mass is 495 g/mol. The lowest BCUT2D eigenvalue weighted by atomic mass is 9.84. The SMILES string of the molecule is COc1cc2c3c(n(Cc4ccccc4)c2cc1OC)CCCC3CN1CCN(c2ccccc2)CC1. The Morgan fingerprint density at radius 3 is 2.19 bits per heavy atom. The summed E-state index contributed by atoms with van der Waals surface area (Å²) in [6.07, 6.45) is 3.60. The maximum Gasteiger partial charge on any atom is 0.162 e. The fourth-order valence-corrected chi connectivity index (χ4v) is 6.41. The van der Waals surface area contributed by atoms with Crippen molar-refractivity contribution in [2.75, 3.05) is 51.8 Å². The molecule has 0 saturated carbocycles. The van der Waals surface area contributed by atoms with Crippen LogP contribution in [0.5, 0.6) is 11.5 Å². The molecule has 1 aromatic heterocycles. The number of ether oxygens (including phenoxy) is 2. The van der Waals surface area contributed by atoms with Gasteiger partial charge < -0.3 is 18.9 Å². The minimum Gasteiger partial charge on any atom is -0.493 e. The molecule has 1 aliphatic carbocycles. The van der Waals surface area contributed by atoms with E-state index in [1.807, 2.05) is 0 Å². The molecule has 0 radical (unpaired) electrons. The van der Waals surface area contributed by atoms with Crippen LogP contribution in [0.1, 0.15) is 35.6 Å². The first kappa shape index (κ1) is 23.9. The Balaban J connectivity index is 1.32. The number of nitrogens with zero attached hydrogens (tertiary/aromatic N) is 3. The molecule has 192 valence electrons. The van der Waals surface area contributed by atoms with Gasteiger partial charge in [0.15, 0.2) is 11.5 Å². The molecule has 2 aliphatic rings. The largest absolute Gasteiger partial charge is 0.493 e. The van der Waals surface area contributed by atoms with Crippen molar-refractivity contribution in [1.82, 2.24) is 9.47 Å². The summed E-state index contributed by atoms with van der Waals surface area (Å²) in [5.41, 5.74) is 6.95. The molecular formula is C32H37N3O2. The van der Waals surface area contributed by atoms with Crippen molar-refractivity contribution in [3.05, 3.63) is 89.6 Å². The molecule has 1 saturated heterocycles. The molecule has 0 bridgehead atoms. The lowest BCUT2D eigenvalue weighted by Gasteiger charge is -2.38. The molecule has 37 heavy (non-hydrogen) atoms. The molecule has 2 heterocycles. The van der Waals surface area contributed by atoms with E-state index < -0.39 is 0 Å². The van der Waals surface area contributed by atoms with Gasteiger partial charge >= 0.3 is 0 Å². The van der Waals surface area contributed by atoms with Crippen LogP contribution in [0.4, 0.5) is 5.69 Å². The number of hydrogen-bond acceptors (Lipinski definition) is 4. The van der Waals surface area contributed by atoms with Gasteiger partial charge in [-0.25, -0.2) is 0 Å². The van der Waals surface area contributed by atoms with Gasteiger partial charge in [0.05, 0.1) is 19.7 Å². The second-order valence-electron chi connectivity index (χ2n) is 10.4. The maximum atomic E-state index is 5.75. The van der Waals surface area contributed by atoms with Gasteiger partial charge in [0.2, 0.25) is 0 Å². The second-order valence-corrected chi connectivity index (χ2v) is 10.4. The summed E-state index contributed by atoms with van der Waals surface area (Å²) in [6.45, 7) is 6.40. The van der Waals surface area contributed by atoms with Gasteiger partial charge in [-0.15, -0.1) is 0 Å². The van der Waals surface area contributed by atoms with E-state index in [0.29, 0.717) is 5.92 Å². The standard InChI is InChI=1S/C32H37N3O2/c1-36-30-20-27-29(21-31(30)37-2)35(22-24-10-5-3-6-11-24)28-15-9-12-25(32(27)28)23-33-16-18-34(19-17-33)26-13-7-4-8-14-26/h3-8,10-11,13-14,20-21,25H,9,12,15-19,22-23H2,1-2H3. The summed E-state index contributed by atoms with van der Waals surface area (Å²) in [7, 11) is 3.47. The molecule has 1 atom stereocenters. The number of rotatable bonds is 7. The molecule has 5 nitrogen and oxygen atoms in total. The Labute approximate surface area is 220 Å². The fourth-order valence-electron chi connectivity index (χ4n) is 6.41. The van der Waals surface area contributed by atoms with Crippen molar-refractivity contribution in [1.29, 1.82) is 0 Å². The van der Waals surface area contributed by atoms with Crippen LogP contribution in [0, 0.1) is 0 Å². The van der Waals surface area contributed by atoms with Gasteiger partial charge in [0.25, 0.3) is 0 Å². The van der Waals surface area contributed by atoms with Crippen molar-refractivity contribution in [3.63, 3.8) is 0 Å². The Bertz CT molecular complexity index is 1340. The molecule has 6 rings (SSSR count). The number of methoxy groups -OCH3 is 2. The zero-order valence-electron chi connectivity index (χ0n) is 22.0. The number of para-hydroxylation sites is 1. The van der Waals surface area contributed by atoms with E-state index in [-0.39, 0.29) is 0 Å². The first-order valence-electron chi connectivity index (χ1n) is 13.6. The molecule has 1 unspecified atom stereocenters. The van der Waals surface area contributed by atoms with Crippen molar-refractivity contribution in [2.24, 2.45) is 0 Å². The van der Waals surface area contributed by atoms with E-state index in [9.17, 15) is 0 Å². The zero-order chi connectivity index (χ0) is 25.2. The highest BCUT2D eigenvalue weighted by atomic mass is 16.5. The van der Waals surface area contributed by atoms with E-state index in [2.05, 4.69) is 87.2 Å². The summed E-state index contributed by atoms with van der Waals surface area (Å²) in [4.78, 5) is 5.20. The van der Waals surface area contributed by atoms with Crippen LogP contribution in [0.3, 0.4) is 0 Å². The zero-order valence-corrected chi connectivity index (χ0v) is 22.0. The van der Waals surface area contributed by atoms with E-state index in [0.717, 1.165) is 57.2 Å². The van der Waals surface area contributed by atoms with Gasteiger partial charge in [-0.2, -0.15) is 0 Å². The summed E-state index contributed by atoms with van der Waals surface area (Å²) >= 11 is 0. The van der Waals surface area contributed by atoms with E-state index in [1.54, 1.807) is 14.2 Å². The smallest absolute Gasteiger partial charge is 0.162 e. The van der Waals surface area contributed by atoms with Gasteiger partial charge in [0.1, 0.15) is 0 Å². The lowest BCUT2D eigenvalue weighted by molar-refractivity contribution is 0.234. The first-order valence-corrected chi connectivity index (χ1v) is 13.6. The third kappa shape index (κ3) is 4.69. The Morgan fingerprint density at radius 2 is 1.49 bits per heavy atom. The van der Waals surface area contributed by atoms with Gasteiger partial charge in [0, 0.05) is 62.1 Å². The first-order chi connectivity index (χ1) is 18.2. The summed E-state index contributed by atoms with van der Waals surface area (Å²) in [6, 6.07) is 26.1. The highest BCUT2D eigenvalue weighted by Gasteiger charge is 2.31. The topological polar surface area (TPSA) is 29.9 Å². The van der Waals surface area contributed by atoms with Crippen molar-refractivity contribution in [3.8, 4) is 11.5 Å². The van der Waals surface area contributed by atoms with Crippen molar-refractivity contribution < 1.29 is 9.47 Å². The van der Waals surface area contributed by atoms with Crippen LogP contribution >= 0.6 is 0 Å². The predicted molar refractivity (Wildman–Crippen MR) is 151 cm³/mol. The fraction of sp³-hybridized carbons (Fsp3) is 0.375. The Kier molecular flexibility index (Phi) is 6.79. The number of hydrogen-bond donors (Lipinski definition) is 0. The third-order valence-electron chi connectivity index (χ3n) is 8.25. The van der Waals surface area contributed by atoms with Crippen molar-refractivity contribution in [2.45, 2.75) is 31.7 Å². The van der Waals surface area contributed by atoms with Crippen molar-refractivity contribution >= 4 is 16.6 Å². The second kappa shape index (κ2) is 10.5. The minimum absolute atomic E-state index is 0.532. The predicted octanol–water partition coefficient (Wildman–Crippen LogP) is 5.95. The molecule has 1 fully saturated rings. The van der Waals surface area contributed by atoms with E-state index in [1.165, 1.54) is 46.3 Å². The average Bonchev–Trinajstić information content (AvgIpc) is 3.26. The van der Waals surface area contributed by atoms with E-state index in [4.69, 9.17) is 9.47 Å². The molecular weight excluding hydrogens is 458 g/mol. The quantitative estimate of drug-likeness (QED) is 0.317. The lowest BCUT2D eigenvalue weighted by Crippen LogP contribution is -2.47. The number of anilines is 1. The van der Waals surface area contributed by atoms with E-state index >= 15 is 0 Å². The molecule has 4 aromatic rings.